The van der Waals surface area contributed by atoms with E-state index in [1.807, 2.05) is 20.8 Å². The lowest BCUT2D eigenvalue weighted by Gasteiger charge is -1.99. The van der Waals surface area contributed by atoms with Crippen LogP contribution in [0.4, 0.5) is 0 Å². The van der Waals surface area contributed by atoms with Crippen LogP contribution in [-0.2, 0) is 9.47 Å². The van der Waals surface area contributed by atoms with Crippen LogP contribution in [0.15, 0.2) is 25.7 Å². The van der Waals surface area contributed by atoms with Crippen molar-refractivity contribution in [2.24, 2.45) is 0 Å². The summed E-state index contributed by atoms with van der Waals surface area (Å²) in [4.78, 5) is 0. The fraction of sp³-hybridized carbons (Fsp3) is 0.556. The molecule has 0 bridgehead atoms. The van der Waals surface area contributed by atoms with E-state index in [0.717, 1.165) is 6.61 Å². The van der Waals surface area contributed by atoms with Gasteiger partial charge < -0.3 is 9.47 Å². The maximum Gasteiger partial charge on any atom is 0.0922 e. The molecule has 0 radical (unpaired) electrons. The van der Waals surface area contributed by atoms with E-state index in [1.165, 1.54) is 12.5 Å². The lowest BCUT2D eigenvalue weighted by molar-refractivity contribution is 0.180. The molecule has 0 aromatic heterocycles. The molecule has 0 atom stereocenters. The highest BCUT2D eigenvalue weighted by Gasteiger charge is 1.81. The number of hydrogen-bond acceptors (Lipinski definition) is 2. The first-order valence-electron chi connectivity index (χ1n) is 3.67. The molecule has 0 aliphatic carbocycles. The molecule has 0 fully saturated rings. The Balaban J connectivity index is 0. The fourth-order valence-corrected chi connectivity index (χ4v) is 0.310. The Labute approximate surface area is 69.5 Å². The second-order valence-corrected chi connectivity index (χ2v) is 1.97. The Morgan fingerprint density at radius 3 is 1.82 bits per heavy atom. The lowest BCUT2D eigenvalue weighted by Crippen LogP contribution is -1.93. The molecule has 0 aromatic rings. The summed E-state index contributed by atoms with van der Waals surface area (Å²) in [6, 6.07) is 0. The number of ether oxygens (including phenoxy) is 2. The van der Waals surface area contributed by atoms with Gasteiger partial charge in [-0.1, -0.05) is 13.2 Å². The largest absolute Gasteiger partial charge is 0.502 e. The summed E-state index contributed by atoms with van der Waals surface area (Å²) in [7, 11) is 0. The van der Waals surface area contributed by atoms with Crippen molar-refractivity contribution in [1.29, 1.82) is 0 Å². The van der Waals surface area contributed by atoms with Gasteiger partial charge in [-0.15, -0.1) is 0 Å². The molecule has 0 N–H and O–H groups in total. The normalized spacial score (nSPS) is 7.64. The predicted molar refractivity (Wildman–Crippen MR) is 48.2 cm³/mol. The van der Waals surface area contributed by atoms with Crippen LogP contribution in [0.3, 0.4) is 0 Å². The summed E-state index contributed by atoms with van der Waals surface area (Å²) in [6.07, 6.45) is 3.16. The molecule has 0 spiro atoms. The summed E-state index contributed by atoms with van der Waals surface area (Å²) >= 11 is 0. The Morgan fingerprint density at radius 2 is 1.82 bits per heavy atom. The molecule has 0 aliphatic rings. The van der Waals surface area contributed by atoms with Crippen molar-refractivity contribution in [3.05, 3.63) is 25.7 Å². The Bertz CT molecular complexity index is 87.6. The Kier molecular flexibility index (Phi) is 13.7. The van der Waals surface area contributed by atoms with Gasteiger partial charge in [-0.25, -0.2) is 0 Å². The molecule has 0 aromatic carbocycles. The minimum atomic E-state index is 0.280. The van der Waals surface area contributed by atoms with E-state index < -0.39 is 0 Å². The van der Waals surface area contributed by atoms with Crippen molar-refractivity contribution < 1.29 is 9.47 Å². The van der Waals surface area contributed by atoms with Crippen molar-refractivity contribution in [2.75, 3.05) is 6.61 Å². The van der Waals surface area contributed by atoms with E-state index in [2.05, 4.69) is 17.9 Å². The molecule has 2 heteroatoms. The maximum atomic E-state index is 4.81. The molecular formula is C9H18O2. The highest BCUT2D eigenvalue weighted by atomic mass is 16.5. The third-order valence-electron chi connectivity index (χ3n) is 0.653. The first-order chi connectivity index (χ1) is 5.18. The van der Waals surface area contributed by atoms with Gasteiger partial charge in [0.1, 0.15) is 0 Å². The van der Waals surface area contributed by atoms with Crippen LogP contribution >= 0.6 is 0 Å². The Morgan fingerprint density at radius 1 is 1.27 bits per heavy atom. The second-order valence-electron chi connectivity index (χ2n) is 1.97. The summed E-state index contributed by atoms with van der Waals surface area (Å²) in [5.74, 6) is 0. The van der Waals surface area contributed by atoms with Crippen LogP contribution in [0.2, 0.25) is 0 Å². The van der Waals surface area contributed by atoms with Crippen molar-refractivity contribution in [1.82, 2.24) is 0 Å². The van der Waals surface area contributed by atoms with Gasteiger partial charge in [0.2, 0.25) is 0 Å². The van der Waals surface area contributed by atoms with Crippen molar-refractivity contribution in [3.8, 4) is 0 Å². The average molecular weight is 158 g/mol. The summed E-state index contributed by atoms with van der Waals surface area (Å²) < 4.78 is 9.40. The minimum absolute atomic E-state index is 0.280. The quantitative estimate of drug-likeness (QED) is 0.586. The topological polar surface area (TPSA) is 18.5 Å². The number of rotatable bonds is 4. The molecule has 0 rings (SSSR count). The zero-order valence-electron chi connectivity index (χ0n) is 7.67. The van der Waals surface area contributed by atoms with Crippen LogP contribution in [0.5, 0.6) is 0 Å². The molecule has 0 amide bonds. The molecule has 2 nitrogen and oxygen atoms in total. The third kappa shape index (κ3) is 27.3. The van der Waals surface area contributed by atoms with Crippen molar-refractivity contribution in [2.45, 2.75) is 26.9 Å². The zero-order valence-corrected chi connectivity index (χ0v) is 7.67. The van der Waals surface area contributed by atoms with Gasteiger partial charge in [-0.3, -0.25) is 0 Å². The molecule has 0 heterocycles. The summed E-state index contributed by atoms with van der Waals surface area (Å²) in [5.41, 5.74) is 0. The van der Waals surface area contributed by atoms with Gasteiger partial charge >= 0.3 is 0 Å². The van der Waals surface area contributed by atoms with Crippen LogP contribution in [0, 0.1) is 0 Å². The summed E-state index contributed by atoms with van der Waals surface area (Å²) in [5, 5.41) is 0. The van der Waals surface area contributed by atoms with Crippen LogP contribution in [-0.4, -0.2) is 12.7 Å². The van der Waals surface area contributed by atoms with E-state index in [1.54, 1.807) is 0 Å². The number of hydrogen-bond donors (Lipinski definition) is 0. The molecule has 11 heavy (non-hydrogen) atoms. The van der Waals surface area contributed by atoms with Crippen LogP contribution in [0.1, 0.15) is 20.8 Å². The molecule has 0 saturated carbocycles. The van der Waals surface area contributed by atoms with Crippen molar-refractivity contribution >= 4 is 0 Å². The van der Waals surface area contributed by atoms with E-state index in [4.69, 9.17) is 4.74 Å². The van der Waals surface area contributed by atoms with Gasteiger partial charge in [-0.05, 0) is 20.8 Å². The van der Waals surface area contributed by atoms with Gasteiger partial charge in [-0.2, -0.15) is 0 Å². The highest BCUT2D eigenvalue weighted by Crippen LogP contribution is 1.83. The third-order valence-corrected chi connectivity index (χ3v) is 0.653. The van der Waals surface area contributed by atoms with E-state index in [-0.39, 0.29) is 6.10 Å². The second kappa shape index (κ2) is 11.8. The molecular weight excluding hydrogens is 140 g/mol. The van der Waals surface area contributed by atoms with Gasteiger partial charge in [0.05, 0.1) is 25.2 Å². The van der Waals surface area contributed by atoms with Crippen molar-refractivity contribution in [3.63, 3.8) is 0 Å². The lowest BCUT2D eigenvalue weighted by atomic mass is 10.5. The smallest absolute Gasteiger partial charge is 0.0922 e. The van der Waals surface area contributed by atoms with Crippen LogP contribution < -0.4 is 0 Å². The SMILES string of the molecule is C=COC(C)C.C=COCC. The zero-order chi connectivity index (χ0) is 9.11. The standard InChI is InChI=1S/C5H10O.C4H8O/c1-4-6-5(2)3;1-3-5-4-2/h4-5H,1H2,2-3H3;3H,1,4H2,2H3. The monoisotopic (exact) mass is 158 g/mol. The van der Waals surface area contributed by atoms with E-state index >= 15 is 0 Å². The highest BCUT2D eigenvalue weighted by molar-refractivity contribution is 4.50. The minimum Gasteiger partial charge on any atom is -0.502 e. The molecule has 0 saturated heterocycles. The molecule has 0 aliphatic heterocycles. The van der Waals surface area contributed by atoms with E-state index in [0.29, 0.717) is 0 Å². The predicted octanol–water partition coefficient (Wildman–Crippen LogP) is 2.72. The Hall–Kier alpha value is -0.920. The van der Waals surface area contributed by atoms with Crippen LogP contribution in [0.25, 0.3) is 0 Å². The first kappa shape index (κ1) is 12.7. The average Bonchev–Trinajstić information content (AvgIpc) is 1.90. The fourth-order valence-electron chi connectivity index (χ4n) is 0.310. The maximum absolute atomic E-state index is 4.81. The van der Waals surface area contributed by atoms with Gasteiger partial charge in [0.25, 0.3) is 0 Å². The summed E-state index contributed by atoms with van der Waals surface area (Å²) in [6.45, 7) is 13.3. The van der Waals surface area contributed by atoms with Gasteiger partial charge in [0, 0.05) is 0 Å². The van der Waals surface area contributed by atoms with E-state index in [9.17, 15) is 0 Å². The molecule has 66 valence electrons. The molecule has 0 unspecified atom stereocenters. The van der Waals surface area contributed by atoms with Gasteiger partial charge in [0.15, 0.2) is 0 Å². The first-order valence-corrected chi connectivity index (χ1v) is 3.67.